The number of nitrogens with one attached hydrogen (secondary N) is 2. The second-order valence-electron chi connectivity index (χ2n) is 5.65. The monoisotopic (exact) mass is 378 g/mol. The Bertz CT molecular complexity index is 922. The van der Waals surface area contributed by atoms with Crippen molar-refractivity contribution in [1.29, 1.82) is 0 Å². The van der Waals surface area contributed by atoms with Crippen LogP contribution in [0.15, 0.2) is 91.1 Å². The maximum Gasteiger partial charge on any atom is 0.335 e. The molecular formula is C22H19ClN2O2. The molecule has 0 saturated carbocycles. The van der Waals surface area contributed by atoms with Gasteiger partial charge in [0.15, 0.2) is 6.21 Å². The quantitative estimate of drug-likeness (QED) is 0.541. The average Bonchev–Trinajstić information content (AvgIpc) is 2.70. The number of carbonyl (C=O) groups is 1. The maximum atomic E-state index is 11.1. The third-order valence-electron chi connectivity index (χ3n) is 3.80. The van der Waals surface area contributed by atoms with Crippen LogP contribution in [-0.4, -0.2) is 17.3 Å². The molecule has 27 heavy (non-hydrogen) atoms. The van der Waals surface area contributed by atoms with Crippen LogP contribution in [-0.2, 0) is 0 Å². The van der Waals surface area contributed by atoms with Crippen molar-refractivity contribution in [2.45, 2.75) is 0 Å². The van der Waals surface area contributed by atoms with Crippen molar-refractivity contribution < 1.29 is 27.3 Å². The molecule has 0 unspecified atom stereocenters. The van der Waals surface area contributed by atoms with Crippen LogP contribution in [0.2, 0.25) is 0 Å². The number of allylic oxidation sites excluding steroid dienone is 1. The van der Waals surface area contributed by atoms with Crippen LogP contribution in [0, 0.1) is 0 Å². The summed E-state index contributed by atoms with van der Waals surface area (Å²) in [7, 11) is 0. The van der Waals surface area contributed by atoms with E-state index in [0.717, 1.165) is 22.5 Å². The third-order valence-corrected chi connectivity index (χ3v) is 3.80. The van der Waals surface area contributed by atoms with Gasteiger partial charge in [-0.2, -0.15) is 0 Å². The van der Waals surface area contributed by atoms with Crippen molar-refractivity contribution in [3.8, 4) is 0 Å². The molecule has 0 atom stereocenters. The summed E-state index contributed by atoms with van der Waals surface area (Å²) in [5, 5.41) is 12.3. The van der Waals surface area contributed by atoms with Gasteiger partial charge in [0.05, 0.1) is 11.1 Å². The summed E-state index contributed by atoms with van der Waals surface area (Å²) in [6.45, 7) is 0. The molecule has 0 aliphatic carbocycles. The highest BCUT2D eigenvalue weighted by atomic mass is 35.5. The summed E-state index contributed by atoms with van der Waals surface area (Å²) >= 11 is 0. The fraction of sp³-hybridized carbons (Fsp3) is 0. The van der Waals surface area contributed by atoms with E-state index in [9.17, 15) is 4.79 Å². The van der Waals surface area contributed by atoms with E-state index < -0.39 is 5.97 Å². The molecule has 0 radical (unpaired) electrons. The van der Waals surface area contributed by atoms with E-state index in [1.807, 2.05) is 73.1 Å². The van der Waals surface area contributed by atoms with Crippen molar-refractivity contribution in [3.63, 3.8) is 0 Å². The van der Waals surface area contributed by atoms with Gasteiger partial charge < -0.3 is 22.8 Å². The standard InChI is InChI=1S/C22H18N2O2.ClH/c25-22(26)18-13-11-17(12-14-18)19(15-23-20-7-3-1-4-8-20)16-24-21-9-5-2-6-10-21;/h1-16,23H,(H,25,26);1H/b19-15-,24-16?;. The summed E-state index contributed by atoms with van der Waals surface area (Å²) in [6, 6.07) is 26.5. The van der Waals surface area contributed by atoms with Crippen molar-refractivity contribution >= 4 is 29.1 Å². The fourth-order valence-electron chi connectivity index (χ4n) is 2.40. The molecule has 5 heteroatoms. The van der Waals surface area contributed by atoms with Gasteiger partial charge in [-0.1, -0.05) is 48.5 Å². The predicted octanol–water partition coefficient (Wildman–Crippen LogP) is 0.325. The average molecular weight is 379 g/mol. The lowest BCUT2D eigenvalue weighted by Crippen LogP contribution is -3.00. The Kier molecular flexibility index (Phi) is 7.35. The van der Waals surface area contributed by atoms with E-state index in [4.69, 9.17) is 5.11 Å². The number of para-hydroxylation sites is 2. The van der Waals surface area contributed by atoms with E-state index in [1.54, 1.807) is 24.3 Å². The lowest BCUT2D eigenvalue weighted by Gasteiger charge is -2.04. The molecule has 0 aromatic heterocycles. The molecule has 3 rings (SSSR count). The number of benzene rings is 3. The van der Waals surface area contributed by atoms with E-state index in [2.05, 4.69) is 10.3 Å². The fourth-order valence-corrected chi connectivity index (χ4v) is 2.40. The summed E-state index contributed by atoms with van der Waals surface area (Å²) in [5.74, 6) is -0.934. The van der Waals surface area contributed by atoms with Gasteiger partial charge in [0.1, 0.15) is 0 Å². The van der Waals surface area contributed by atoms with E-state index in [1.165, 1.54) is 0 Å². The van der Waals surface area contributed by atoms with Gasteiger partial charge in [-0.3, -0.25) is 0 Å². The van der Waals surface area contributed by atoms with Crippen molar-refractivity contribution in [1.82, 2.24) is 0 Å². The summed E-state index contributed by atoms with van der Waals surface area (Å²) < 4.78 is 0. The summed E-state index contributed by atoms with van der Waals surface area (Å²) in [5.41, 5.74) is 4.01. The second-order valence-corrected chi connectivity index (χ2v) is 5.65. The number of halogens is 1. The minimum atomic E-state index is -0.934. The van der Waals surface area contributed by atoms with Crippen LogP contribution in [0.3, 0.4) is 0 Å². The SMILES string of the molecule is O=C(O)c1ccc(/C(C=[NH+]c2ccccc2)=C\Nc2ccccc2)cc1.[Cl-]. The Morgan fingerprint density at radius 2 is 1.37 bits per heavy atom. The molecule has 0 bridgehead atoms. The summed E-state index contributed by atoms with van der Waals surface area (Å²) in [6.07, 6.45) is 3.78. The molecule has 0 fully saturated rings. The van der Waals surface area contributed by atoms with Gasteiger partial charge in [-0.25, -0.2) is 9.79 Å². The van der Waals surface area contributed by atoms with Crippen LogP contribution in [0.4, 0.5) is 11.4 Å². The van der Waals surface area contributed by atoms with Gasteiger partial charge >= 0.3 is 5.97 Å². The number of carboxylic acid groups (broad SMARTS) is 1. The van der Waals surface area contributed by atoms with E-state index in [0.29, 0.717) is 0 Å². The number of carboxylic acids is 1. The molecular weight excluding hydrogens is 360 g/mol. The Labute approximate surface area is 164 Å². The van der Waals surface area contributed by atoms with Crippen LogP contribution >= 0.6 is 0 Å². The van der Waals surface area contributed by atoms with Crippen molar-refractivity contribution in [2.24, 2.45) is 0 Å². The lowest BCUT2D eigenvalue weighted by molar-refractivity contribution is -0.346. The summed E-state index contributed by atoms with van der Waals surface area (Å²) in [4.78, 5) is 14.3. The van der Waals surface area contributed by atoms with E-state index >= 15 is 0 Å². The van der Waals surface area contributed by atoms with Crippen LogP contribution in [0.25, 0.3) is 5.57 Å². The first-order valence-electron chi connectivity index (χ1n) is 8.23. The zero-order chi connectivity index (χ0) is 18.2. The Morgan fingerprint density at radius 1 is 0.815 bits per heavy atom. The zero-order valence-corrected chi connectivity index (χ0v) is 15.2. The van der Waals surface area contributed by atoms with E-state index in [-0.39, 0.29) is 18.0 Å². The van der Waals surface area contributed by atoms with Gasteiger partial charge in [0, 0.05) is 24.0 Å². The Morgan fingerprint density at radius 3 is 1.96 bits per heavy atom. The predicted molar refractivity (Wildman–Crippen MR) is 105 cm³/mol. The highest BCUT2D eigenvalue weighted by molar-refractivity contribution is 6.08. The van der Waals surface area contributed by atoms with Crippen LogP contribution in [0.5, 0.6) is 0 Å². The van der Waals surface area contributed by atoms with Gasteiger partial charge in [-0.15, -0.1) is 0 Å². The highest BCUT2D eigenvalue weighted by Gasteiger charge is 2.06. The molecule has 4 nitrogen and oxygen atoms in total. The van der Waals surface area contributed by atoms with Crippen LogP contribution in [0.1, 0.15) is 15.9 Å². The molecule has 3 aromatic rings. The number of aromatic carboxylic acids is 1. The first-order chi connectivity index (χ1) is 12.7. The second kappa shape index (κ2) is 9.94. The van der Waals surface area contributed by atoms with Gasteiger partial charge in [0.2, 0.25) is 5.69 Å². The third kappa shape index (κ3) is 5.83. The maximum absolute atomic E-state index is 11.1. The smallest absolute Gasteiger partial charge is 0.335 e. The van der Waals surface area contributed by atoms with Crippen molar-refractivity contribution in [2.75, 3.05) is 5.32 Å². The van der Waals surface area contributed by atoms with Gasteiger partial charge in [-0.05, 0) is 29.8 Å². The zero-order valence-electron chi connectivity index (χ0n) is 14.5. The molecule has 3 aromatic carbocycles. The topological polar surface area (TPSA) is 63.3 Å². The lowest BCUT2D eigenvalue weighted by atomic mass is 10.1. The molecule has 0 saturated heterocycles. The molecule has 0 amide bonds. The number of hydrogen-bond donors (Lipinski definition) is 3. The van der Waals surface area contributed by atoms with Crippen molar-refractivity contribution in [3.05, 3.63) is 102 Å². The molecule has 0 spiro atoms. The Hall–Kier alpha value is -3.37. The van der Waals surface area contributed by atoms with Gasteiger partial charge in [0.25, 0.3) is 0 Å². The highest BCUT2D eigenvalue weighted by Crippen LogP contribution is 2.14. The number of anilines is 1. The minimum absolute atomic E-state index is 0. The molecule has 136 valence electrons. The first kappa shape index (κ1) is 19.9. The number of hydrogen-bond acceptors (Lipinski definition) is 2. The molecule has 0 aliphatic heterocycles. The number of rotatable bonds is 6. The minimum Gasteiger partial charge on any atom is -1.00 e. The normalized spacial score (nSPS) is 11.0. The molecule has 3 N–H and O–H groups in total. The Balaban J connectivity index is 0.00000261. The molecule has 0 heterocycles. The molecule has 0 aliphatic rings. The van der Waals surface area contributed by atoms with Crippen LogP contribution < -0.4 is 22.7 Å². The first-order valence-corrected chi connectivity index (χ1v) is 8.23. The largest absolute Gasteiger partial charge is 1.00 e.